The van der Waals surface area contributed by atoms with Gasteiger partial charge in [0.1, 0.15) is 0 Å². The SMILES string of the molecule is O=P(O)(OCC=CF)OCCCO. The Kier molecular flexibility index (Phi) is 7.03. The highest BCUT2D eigenvalue weighted by Gasteiger charge is 2.19. The molecule has 0 saturated carbocycles. The van der Waals surface area contributed by atoms with Crippen LogP contribution in [0.3, 0.4) is 0 Å². The van der Waals surface area contributed by atoms with Crippen LogP contribution in [0.4, 0.5) is 4.39 Å². The lowest BCUT2D eigenvalue weighted by Gasteiger charge is -2.09. The average molecular weight is 214 g/mol. The molecule has 78 valence electrons. The van der Waals surface area contributed by atoms with Gasteiger partial charge in [-0.15, -0.1) is 0 Å². The smallest absolute Gasteiger partial charge is 0.396 e. The van der Waals surface area contributed by atoms with Crippen LogP contribution in [0.25, 0.3) is 0 Å². The van der Waals surface area contributed by atoms with Crippen molar-refractivity contribution >= 4 is 7.82 Å². The molecule has 13 heavy (non-hydrogen) atoms. The van der Waals surface area contributed by atoms with E-state index in [1.54, 1.807) is 0 Å². The van der Waals surface area contributed by atoms with Crippen molar-refractivity contribution in [3.8, 4) is 0 Å². The number of rotatable bonds is 7. The molecular formula is C6H12FO5P. The summed E-state index contributed by atoms with van der Waals surface area (Å²) in [6.45, 7) is -0.544. The highest BCUT2D eigenvalue weighted by atomic mass is 31.2. The number of aliphatic hydroxyl groups excluding tert-OH is 1. The average Bonchev–Trinajstić information content (AvgIpc) is 2.05. The first-order chi connectivity index (χ1) is 6.12. The number of aliphatic hydroxyl groups is 1. The van der Waals surface area contributed by atoms with Crippen molar-refractivity contribution in [3.05, 3.63) is 12.4 Å². The molecule has 1 unspecified atom stereocenters. The Morgan fingerprint density at radius 1 is 1.46 bits per heavy atom. The molecule has 0 bridgehead atoms. The van der Waals surface area contributed by atoms with Crippen LogP contribution in [-0.2, 0) is 13.6 Å². The largest absolute Gasteiger partial charge is 0.472 e. The van der Waals surface area contributed by atoms with Crippen LogP contribution in [0, 0.1) is 0 Å². The topological polar surface area (TPSA) is 76.0 Å². The lowest BCUT2D eigenvalue weighted by atomic mass is 10.5. The van der Waals surface area contributed by atoms with Gasteiger partial charge in [-0.1, -0.05) is 0 Å². The van der Waals surface area contributed by atoms with Gasteiger partial charge in [-0.05, 0) is 12.5 Å². The van der Waals surface area contributed by atoms with Crippen molar-refractivity contribution in [3.63, 3.8) is 0 Å². The van der Waals surface area contributed by atoms with Gasteiger partial charge in [0.25, 0.3) is 0 Å². The van der Waals surface area contributed by atoms with Gasteiger partial charge in [0.05, 0.1) is 19.5 Å². The minimum Gasteiger partial charge on any atom is -0.396 e. The van der Waals surface area contributed by atoms with Gasteiger partial charge in [-0.2, -0.15) is 0 Å². The molecule has 0 aliphatic heterocycles. The van der Waals surface area contributed by atoms with E-state index in [-0.39, 0.29) is 32.6 Å². The number of hydrogen-bond donors (Lipinski definition) is 2. The highest BCUT2D eigenvalue weighted by Crippen LogP contribution is 2.42. The molecule has 0 spiro atoms. The second kappa shape index (κ2) is 7.17. The van der Waals surface area contributed by atoms with Crippen molar-refractivity contribution in [1.82, 2.24) is 0 Å². The summed E-state index contributed by atoms with van der Waals surface area (Å²) in [4.78, 5) is 8.84. The van der Waals surface area contributed by atoms with Crippen molar-refractivity contribution in [2.24, 2.45) is 0 Å². The molecule has 5 nitrogen and oxygen atoms in total. The van der Waals surface area contributed by atoms with Crippen LogP contribution in [0.2, 0.25) is 0 Å². The Hall–Kier alpha value is -0.260. The summed E-state index contributed by atoms with van der Waals surface area (Å²) in [7, 11) is -4.08. The summed E-state index contributed by atoms with van der Waals surface area (Å²) in [5, 5.41) is 8.32. The van der Waals surface area contributed by atoms with Gasteiger partial charge in [0.2, 0.25) is 0 Å². The number of phosphoric ester groups is 1. The predicted octanol–water partition coefficient (Wildman–Crippen LogP) is 0.986. The predicted molar refractivity (Wildman–Crippen MR) is 43.7 cm³/mol. The van der Waals surface area contributed by atoms with Crippen molar-refractivity contribution in [2.45, 2.75) is 6.42 Å². The molecular weight excluding hydrogens is 202 g/mol. The third kappa shape index (κ3) is 8.08. The number of halogens is 1. The first kappa shape index (κ1) is 12.7. The summed E-state index contributed by atoms with van der Waals surface area (Å²) in [6, 6.07) is 0. The van der Waals surface area contributed by atoms with E-state index in [0.717, 1.165) is 6.08 Å². The van der Waals surface area contributed by atoms with Crippen molar-refractivity contribution in [2.75, 3.05) is 19.8 Å². The molecule has 2 N–H and O–H groups in total. The molecule has 1 atom stereocenters. The molecule has 0 aliphatic carbocycles. The van der Waals surface area contributed by atoms with E-state index in [0.29, 0.717) is 0 Å². The molecule has 0 aromatic carbocycles. The molecule has 0 rings (SSSR count). The van der Waals surface area contributed by atoms with Gasteiger partial charge in [-0.3, -0.25) is 9.05 Å². The molecule has 0 radical (unpaired) electrons. The summed E-state index contributed by atoms with van der Waals surface area (Å²) >= 11 is 0. The molecule has 7 heteroatoms. The van der Waals surface area contributed by atoms with Crippen LogP contribution in [0.1, 0.15) is 6.42 Å². The van der Waals surface area contributed by atoms with E-state index >= 15 is 0 Å². The maximum absolute atomic E-state index is 11.4. The second-order valence-electron chi connectivity index (χ2n) is 2.04. The maximum Gasteiger partial charge on any atom is 0.472 e. The fourth-order valence-corrected chi connectivity index (χ4v) is 1.16. The summed E-state index contributed by atoms with van der Waals surface area (Å²) in [5.74, 6) is 0. The lowest BCUT2D eigenvalue weighted by molar-refractivity contribution is 0.148. The minimum atomic E-state index is -4.08. The van der Waals surface area contributed by atoms with Gasteiger partial charge in [-0.25, -0.2) is 8.96 Å². The van der Waals surface area contributed by atoms with E-state index in [4.69, 9.17) is 10.00 Å². The fraction of sp³-hybridized carbons (Fsp3) is 0.667. The van der Waals surface area contributed by atoms with Crippen LogP contribution in [-0.4, -0.2) is 29.8 Å². The van der Waals surface area contributed by atoms with E-state index < -0.39 is 7.82 Å². The van der Waals surface area contributed by atoms with Crippen LogP contribution >= 0.6 is 7.82 Å². The maximum atomic E-state index is 11.4. The number of hydrogen-bond acceptors (Lipinski definition) is 4. The monoisotopic (exact) mass is 214 g/mol. The van der Waals surface area contributed by atoms with Crippen molar-refractivity contribution in [1.29, 1.82) is 0 Å². The minimum absolute atomic E-state index is 0.0797. The molecule has 0 amide bonds. The zero-order chi connectivity index (χ0) is 10.2. The summed E-state index contributed by atoms with van der Waals surface area (Å²) in [5.41, 5.74) is 0. The third-order valence-corrected chi connectivity index (χ3v) is 1.96. The zero-order valence-electron chi connectivity index (χ0n) is 6.93. The van der Waals surface area contributed by atoms with Gasteiger partial charge in [0.15, 0.2) is 0 Å². The third-order valence-electron chi connectivity index (χ3n) is 0.980. The normalized spacial score (nSPS) is 16.2. The Bertz CT molecular complexity index is 195. The van der Waals surface area contributed by atoms with E-state index in [9.17, 15) is 8.96 Å². The van der Waals surface area contributed by atoms with Crippen LogP contribution < -0.4 is 0 Å². The second-order valence-corrected chi connectivity index (χ2v) is 3.49. The van der Waals surface area contributed by atoms with Gasteiger partial charge in [0, 0.05) is 6.61 Å². The Labute approximate surface area is 75.4 Å². The first-order valence-corrected chi connectivity index (χ1v) is 5.10. The Morgan fingerprint density at radius 3 is 2.69 bits per heavy atom. The van der Waals surface area contributed by atoms with Crippen molar-refractivity contribution < 1.29 is 28.0 Å². The molecule has 0 heterocycles. The molecule has 0 saturated heterocycles. The Morgan fingerprint density at radius 2 is 2.15 bits per heavy atom. The van der Waals surface area contributed by atoms with Gasteiger partial charge >= 0.3 is 7.82 Å². The summed E-state index contributed by atoms with van der Waals surface area (Å²) < 4.78 is 30.9. The number of phosphoric acid groups is 1. The lowest BCUT2D eigenvalue weighted by Crippen LogP contribution is -1.98. The quantitative estimate of drug-likeness (QED) is 0.488. The summed E-state index contributed by atoms with van der Waals surface area (Å²) in [6.07, 6.45) is 1.37. The zero-order valence-corrected chi connectivity index (χ0v) is 7.82. The molecule has 0 aromatic rings. The molecule has 0 aliphatic rings. The van der Waals surface area contributed by atoms with E-state index in [1.807, 2.05) is 0 Å². The molecule has 0 fully saturated rings. The Balaban J connectivity index is 3.60. The molecule has 0 aromatic heterocycles. The van der Waals surface area contributed by atoms with E-state index in [2.05, 4.69) is 9.05 Å². The fourth-order valence-electron chi connectivity index (χ4n) is 0.455. The first-order valence-electron chi connectivity index (χ1n) is 3.60. The highest BCUT2D eigenvalue weighted by molar-refractivity contribution is 7.47. The van der Waals surface area contributed by atoms with Crippen LogP contribution in [0.15, 0.2) is 12.4 Å². The standard InChI is InChI=1S/C6H12FO5P/c7-3-1-5-11-13(9,10)12-6-2-4-8/h1,3,8H,2,4-6H2,(H,9,10). The van der Waals surface area contributed by atoms with Gasteiger partial charge < -0.3 is 10.00 Å². The van der Waals surface area contributed by atoms with E-state index in [1.165, 1.54) is 0 Å². The van der Waals surface area contributed by atoms with Crippen LogP contribution in [0.5, 0.6) is 0 Å².